The van der Waals surface area contributed by atoms with E-state index in [9.17, 15) is 19.9 Å². The van der Waals surface area contributed by atoms with Gasteiger partial charge in [0.1, 0.15) is 12.4 Å². The Kier molecular flexibility index (Phi) is 7.59. The van der Waals surface area contributed by atoms with Gasteiger partial charge in [-0.15, -0.1) is 5.10 Å². The van der Waals surface area contributed by atoms with Gasteiger partial charge in [0.25, 0.3) is 0 Å². The molecule has 3 aromatic heterocycles. The number of aromatic carboxylic acids is 1. The average Bonchev–Trinajstić information content (AvgIpc) is 3.34. The molecular weight excluding hydrogens is 574 g/mol. The molecule has 1 unspecified atom stereocenters. The number of benzene rings is 2. The molecule has 1 saturated carbocycles. The van der Waals surface area contributed by atoms with Crippen molar-refractivity contribution in [2.45, 2.75) is 25.8 Å². The Morgan fingerprint density at radius 3 is 2.63 bits per heavy atom. The molecule has 2 aromatic carbocycles. The molecule has 1 aliphatic carbocycles. The van der Waals surface area contributed by atoms with Crippen LogP contribution in [0.25, 0.3) is 27.9 Å². The van der Waals surface area contributed by atoms with E-state index >= 15 is 0 Å². The van der Waals surface area contributed by atoms with Gasteiger partial charge in [0.15, 0.2) is 6.20 Å². The highest BCUT2D eigenvalue weighted by Crippen LogP contribution is 2.46. The fraction of sp³-hybridized carbons (Fsp3) is 0.233. The quantitative estimate of drug-likeness (QED) is 0.140. The molecule has 0 spiro atoms. The van der Waals surface area contributed by atoms with E-state index in [0.29, 0.717) is 47.0 Å². The van der Waals surface area contributed by atoms with Crippen LogP contribution in [0.1, 0.15) is 41.9 Å². The van der Waals surface area contributed by atoms with Crippen molar-refractivity contribution in [3.05, 3.63) is 101 Å². The minimum absolute atomic E-state index is 0.0329. The van der Waals surface area contributed by atoms with E-state index in [4.69, 9.17) is 16.3 Å². The normalized spacial score (nSPS) is 16.5. The van der Waals surface area contributed by atoms with Crippen molar-refractivity contribution in [1.29, 1.82) is 0 Å². The molecule has 13 heteroatoms. The number of carboxylic acids is 1. The maximum Gasteiger partial charge on any atom is 0.335 e. The van der Waals surface area contributed by atoms with E-state index in [-0.39, 0.29) is 23.4 Å². The van der Waals surface area contributed by atoms with E-state index in [1.165, 1.54) is 29.3 Å². The van der Waals surface area contributed by atoms with Crippen LogP contribution in [0, 0.1) is 17.0 Å². The molecule has 0 saturated heterocycles. The molecule has 5 aromatic rings. The highest BCUT2D eigenvalue weighted by molar-refractivity contribution is 6.31. The Morgan fingerprint density at radius 2 is 1.93 bits per heavy atom. The van der Waals surface area contributed by atoms with Crippen LogP contribution >= 0.6 is 11.6 Å². The van der Waals surface area contributed by atoms with E-state index in [2.05, 4.69) is 20.6 Å². The van der Waals surface area contributed by atoms with E-state index < -0.39 is 12.0 Å². The molecule has 1 fully saturated rings. The van der Waals surface area contributed by atoms with Crippen molar-refractivity contribution in [1.82, 2.24) is 30.0 Å². The van der Waals surface area contributed by atoms with E-state index in [0.717, 1.165) is 15.9 Å². The number of aromatic nitrogens is 7. The van der Waals surface area contributed by atoms with Gasteiger partial charge in [-0.3, -0.25) is 9.48 Å². The predicted molar refractivity (Wildman–Crippen MR) is 154 cm³/mol. The van der Waals surface area contributed by atoms with Crippen LogP contribution in [0.15, 0.2) is 79.5 Å². The molecule has 43 heavy (non-hydrogen) atoms. The first kappa shape index (κ1) is 28.0. The number of hydrogen-bond donors (Lipinski definition) is 1. The zero-order chi connectivity index (χ0) is 30.1. The van der Waals surface area contributed by atoms with Crippen LogP contribution in [0.5, 0.6) is 0 Å². The number of carbonyl (C=O) groups is 2. The van der Waals surface area contributed by atoms with Crippen molar-refractivity contribution in [2.75, 3.05) is 6.61 Å². The van der Waals surface area contributed by atoms with E-state index in [1.807, 2.05) is 12.3 Å². The third kappa shape index (κ3) is 5.82. The lowest BCUT2D eigenvalue weighted by molar-refractivity contribution is -0.615. The SMILES string of the molecule is CCOC(=O)[C@H]1C[C@H]1CC(c1ccc(-c2cc(Cl)ccc2-n2cnnn2)c[n+]1[O-])n1cc(-c2ccc(C(=O)O)cc2)cn1. The van der Waals surface area contributed by atoms with Crippen LogP contribution in [0.2, 0.25) is 5.02 Å². The first-order valence-corrected chi connectivity index (χ1v) is 14.0. The highest BCUT2D eigenvalue weighted by Gasteiger charge is 2.46. The van der Waals surface area contributed by atoms with Gasteiger partial charge < -0.3 is 15.1 Å². The molecule has 6 rings (SSSR count). The van der Waals surface area contributed by atoms with Gasteiger partial charge in [-0.1, -0.05) is 23.7 Å². The maximum absolute atomic E-state index is 13.7. The fourth-order valence-corrected chi connectivity index (χ4v) is 5.45. The molecule has 0 radical (unpaired) electrons. The summed E-state index contributed by atoms with van der Waals surface area (Å²) in [5.74, 6) is -1.42. The topological polar surface area (TPSA) is 152 Å². The summed E-state index contributed by atoms with van der Waals surface area (Å²) >= 11 is 6.31. The van der Waals surface area contributed by atoms with Gasteiger partial charge in [-0.25, -0.2) is 4.79 Å². The zero-order valence-electron chi connectivity index (χ0n) is 22.9. The van der Waals surface area contributed by atoms with Crippen molar-refractivity contribution >= 4 is 23.5 Å². The van der Waals surface area contributed by atoms with E-state index in [1.54, 1.807) is 54.2 Å². The lowest BCUT2D eigenvalue weighted by atomic mass is 10.0. The summed E-state index contributed by atoms with van der Waals surface area (Å²) in [5, 5.41) is 39.4. The van der Waals surface area contributed by atoms with Crippen LogP contribution in [-0.2, 0) is 9.53 Å². The molecule has 12 nitrogen and oxygen atoms in total. The predicted octanol–water partition coefficient (Wildman–Crippen LogP) is 4.36. The Balaban J connectivity index is 1.35. The third-order valence-electron chi connectivity index (χ3n) is 7.58. The standard InChI is InChI=1S/C30H26ClN7O5/c1-2-43-30(41)25-11-21(25)12-28(36-15-22(14-33-36)18-3-5-19(6-4-18)29(39)40)27-9-7-20(16-38(27)42)24-13-23(31)8-10-26(24)37-17-32-34-35-37/h3-10,13-17,21,25,28H,2,11-12H2,1H3,(H,39,40)/t21-,25-,28?/m0/s1. The van der Waals surface area contributed by atoms with Crippen LogP contribution < -0.4 is 4.73 Å². The number of carbonyl (C=O) groups excluding carboxylic acids is 1. The Morgan fingerprint density at radius 1 is 1.14 bits per heavy atom. The van der Waals surface area contributed by atoms with Gasteiger partial charge in [0.05, 0.1) is 30.0 Å². The lowest BCUT2D eigenvalue weighted by Gasteiger charge is -2.18. The first-order valence-electron chi connectivity index (χ1n) is 13.6. The number of rotatable bonds is 10. The second-order valence-electron chi connectivity index (χ2n) is 10.3. The van der Waals surface area contributed by atoms with Gasteiger partial charge in [0.2, 0.25) is 5.69 Å². The number of carboxylic acid groups (broad SMARTS) is 1. The molecule has 3 heterocycles. The summed E-state index contributed by atoms with van der Waals surface area (Å²) in [6.07, 6.45) is 7.61. The largest absolute Gasteiger partial charge is 0.618 e. The lowest BCUT2D eigenvalue weighted by Crippen LogP contribution is -2.35. The molecule has 1 N–H and O–H groups in total. The number of tetrazole rings is 1. The second-order valence-corrected chi connectivity index (χ2v) is 10.7. The smallest absolute Gasteiger partial charge is 0.335 e. The Bertz CT molecular complexity index is 1790. The summed E-state index contributed by atoms with van der Waals surface area (Å²) in [6.45, 7) is 2.09. The Labute approximate surface area is 250 Å². The average molecular weight is 600 g/mol. The second kappa shape index (κ2) is 11.6. The highest BCUT2D eigenvalue weighted by atomic mass is 35.5. The molecule has 3 atom stereocenters. The number of nitrogens with zero attached hydrogens (tertiary/aromatic N) is 7. The summed E-state index contributed by atoms with van der Waals surface area (Å²) in [7, 11) is 0. The minimum atomic E-state index is -1.01. The van der Waals surface area contributed by atoms with Gasteiger partial charge in [-0.2, -0.15) is 14.5 Å². The third-order valence-corrected chi connectivity index (χ3v) is 7.81. The van der Waals surface area contributed by atoms with Gasteiger partial charge in [0, 0.05) is 34.0 Å². The molecule has 0 amide bonds. The monoisotopic (exact) mass is 599 g/mol. The molecule has 218 valence electrons. The van der Waals surface area contributed by atoms with Crippen LogP contribution in [0.4, 0.5) is 0 Å². The van der Waals surface area contributed by atoms with Crippen LogP contribution in [0.3, 0.4) is 0 Å². The number of hydrogen-bond acceptors (Lipinski definition) is 8. The molecule has 1 aliphatic rings. The molecule has 0 bridgehead atoms. The summed E-state index contributed by atoms with van der Waals surface area (Å²) < 4.78 is 9.25. The zero-order valence-corrected chi connectivity index (χ0v) is 23.7. The number of pyridine rings is 1. The summed E-state index contributed by atoms with van der Waals surface area (Å²) in [6, 6.07) is 14.8. The van der Waals surface area contributed by atoms with Crippen molar-refractivity contribution in [3.63, 3.8) is 0 Å². The molecule has 0 aliphatic heterocycles. The van der Waals surface area contributed by atoms with Crippen molar-refractivity contribution in [2.24, 2.45) is 11.8 Å². The van der Waals surface area contributed by atoms with Crippen LogP contribution in [-0.4, -0.2) is 53.6 Å². The Hall–Kier alpha value is -5.10. The van der Waals surface area contributed by atoms with Gasteiger partial charge >= 0.3 is 11.9 Å². The summed E-state index contributed by atoms with van der Waals surface area (Å²) in [5.41, 5.74) is 4.11. The fourth-order valence-electron chi connectivity index (χ4n) is 5.28. The first-order chi connectivity index (χ1) is 20.8. The van der Waals surface area contributed by atoms with Crippen molar-refractivity contribution in [3.8, 4) is 27.9 Å². The number of halogens is 1. The molecular formula is C30H26ClN7O5. The minimum Gasteiger partial charge on any atom is -0.618 e. The van der Waals surface area contributed by atoms with Crippen molar-refractivity contribution < 1.29 is 24.2 Å². The number of ether oxygens (including phenoxy) is 1. The number of esters is 1. The summed E-state index contributed by atoms with van der Waals surface area (Å²) in [4.78, 5) is 23.6. The maximum atomic E-state index is 13.7. The van der Waals surface area contributed by atoms with Gasteiger partial charge in [-0.05, 0) is 78.1 Å².